The van der Waals surface area contributed by atoms with Crippen LogP contribution in [0.4, 0.5) is 4.79 Å². The highest BCUT2D eigenvalue weighted by atomic mass is 16.6. The molecule has 0 radical (unpaired) electrons. The fraction of sp³-hybridized carbons (Fsp3) is 0.783. The Labute approximate surface area is 321 Å². The number of esters is 1. The van der Waals surface area contributed by atoms with Crippen LogP contribution < -0.4 is 5.32 Å². The van der Waals surface area contributed by atoms with Crippen molar-refractivity contribution in [2.45, 2.75) is 199 Å². The summed E-state index contributed by atoms with van der Waals surface area (Å²) >= 11 is 0. The molecule has 1 aliphatic heterocycles. The third-order valence-corrected chi connectivity index (χ3v) is 10.5. The number of likely N-dealkylation sites (N-methyl/N-ethyl adjacent to an activating group) is 1. The van der Waals surface area contributed by atoms with Crippen molar-refractivity contribution in [2.75, 3.05) is 27.3 Å². The van der Waals surface area contributed by atoms with Gasteiger partial charge in [-0.25, -0.2) is 9.59 Å². The monoisotopic (exact) mass is 727 g/mol. The minimum absolute atomic E-state index is 0.0732. The average Bonchev–Trinajstić information content (AvgIpc) is 3.60. The number of hydrogen-bond acceptors (Lipinski definition) is 5. The van der Waals surface area contributed by atoms with Crippen molar-refractivity contribution >= 4 is 12.1 Å². The predicted octanol–water partition coefficient (Wildman–Crippen LogP) is 13.0. The van der Waals surface area contributed by atoms with E-state index >= 15 is 0 Å². The van der Waals surface area contributed by atoms with Gasteiger partial charge in [0.1, 0.15) is 6.04 Å². The van der Waals surface area contributed by atoms with Crippen LogP contribution in [0.15, 0.2) is 48.6 Å². The number of allylic oxidation sites excluding steroid dienone is 8. The lowest BCUT2D eigenvalue weighted by atomic mass is 9.94. The molecule has 2 atom stereocenters. The van der Waals surface area contributed by atoms with Crippen molar-refractivity contribution in [3.63, 3.8) is 0 Å². The molecule has 0 saturated carbocycles. The normalized spacial score (nSPS) is 16.5. The minimum Gasteiger partial charge on any atom is -0.467 e. The zero-order valence-corrected chi connectivity index (χ0v) is 34.4. The number of carbonyl (C=O) groups is 2. The van der Waals surface area contributed by atoms with Gasteiger partial charge in [-0.2, -0.15) is 0 Å². The van der Waals surface area contributed by atoms with Gasteiger partial charge >= 0.3 is 12.1 Å². The highest BCUT2D eigenvalue weighted by Gasteiger charge is 2.40. The fourth-order valence-electron chi connectivity index (χ4n) is 7.03. The fourth-order valence-corrected chi connectivity index (χ4v) is 7.03. The number of ether oxygens (including phenoxy) is 2. The first-order chi connectivity index (χ1) is 25.6. The molecular formula is C46H82N2O4. The quantitative estimate of drug-likeness (QED) is 0.0406. The predicted molar refractivity (Wildman–Crippen MR) is 223 cm³/mol. The van der Waals surface area contributed by atoms with E-state index in [1.807, 2.05) is 7.05 Å². The van der Waals surface area contributed by atoms with Crippen molar-refractivity contribution in [3.05, 3.63) is 48.6 Å². The number of hydrogen-bond donors (Lipinski definition) is 1. The maximum Gasteiger partial charge on any atom is 0.410 e. The third kappa shape index (κ3) is 26.4. The molecule has 0 aliphatic carbocycles. The first kappa shape index (κ1) is 47.7. The summed E-state index contributed by atoms with van der Waals surface area (Å²) in [7, 11) is 3.25. The molecule has 300 valence electrons. The molecule has 0 aromatic rings. The molecule has 1 aliphatic rings. The number of nitrogens with one attached hydrogen (secondary N) is 1. The molecule has 6 heteroatoms. The Balaban J connectivity index is 2.34. The second-order valence-corrected chi connectivity index (χ2v) is 15.1. The Hall–Kier alpha value is -2.34. The van der Waals surface area contributed by atoms with E-state index in [0.717, 1.165) is 25.7 Å². The van der Waals surface area contributed by atoms with E-state index in [9.17, 15) is 9.59 Å². The summed E-state index contributed by atoms with van der Waals surface area (Å²) < 4.78 is 10.9. The highest BCUT2D eigenvalue weighted by molar-refractivity contribution is 5.82. The van der Waals surface area contributed by atoms with Gasteiger partial charge in [0.2, 0.25) is 0 Å². The molecule has 6 nitrogen and oxygen atoms in total. The molecule has 0 bridgehead atoms. The summed E-state index contributed by atoms with van der Waals surface area (Å²) in [4.78, 5) is 27.1. The van der Waals surface area contributed by atoms with Crippen molar-refractivity contribution in [1.82, 2.24) is 10.2 Å². The molecule has 1 heterocycles. The lowest BCUT2D eigenvalue weighted by molar-refractivity contribution is -0.145. The number of methoxy groups -OCH3 is 1. The Bertz CT molecular complexity index is 910. The van der Waals surface area contributed by atoms with E-state index in [-0.39, 0.29) is 18.1 Å². The molecule has 2 unspecified atom stereocenters. The Morgan fingerprint density at radius 3 is 1.48 bits per heavy atom. The summed E-state index contributed by atoms with van der Waals surface area (Å²) in [5, 5.41) is 3.20. The summed E-state index contributed by atoms with van der Waals surface area (Å²) in [6.07, 6.45) is 51.0. The molecule has 1 fully saturated rings. The van der Waals surface area contributed by atoms with Crippen molar-refractivity contribution in [1.29, 1.82) is 0 Å². The van der Waals surface area contributed by atoms with Crippen LogP contribution in [0, 0.1) is 5.92 Å². The van der Waals surface area contributed by atoms with Gasteiger partial charge < -0.3 is 14.8 Å². The Morgan fingerprint density at radius 2 is 1.06 bits per heavy atom. The van der Waals surface area contributed by atoms with Gasteiger partial charge in [-0.15, -0.1) is 0 Å². The number of carbonyl (C=O) groups excluding carboxylic acids is 2. The number of nitrogens with zero attached hydrogens (tertiary/aromatic N) is 1. The van der Waals surface area contributed by atoms with Crippen molar-refractivity contribution in [3.8, 4) is 0 Å². The summed E-state index contributed by atoms with van der Waals surface area (Å²) in [6.45, 7) is 5.42. The third-order valence-electron chi connectivity index (χ3n) is 10.5. The van der Waals surface area contributed by atoms with Crippen molar-refractivity contribution < 1.29 is 19.1 Å². The first-order valence-corrected chi connectivity index (χ1v) is 21.9. The lowest BCUT2D eigenvalue weighted by Crippen LogP contribution is -2.42. The van der Waals surface area contributed by atoms with E-state index in [1.165, 1.54) is 148 Å². The Morgan fingerprint density at radius 1 is 0.635 bits per heavy atom. The lowest BCUT2D eigenvalue weighted by Gasteiger charge is -2.24. The number of likely N-dealkylation sites (tertiary alicyclic amines) is 1. The van der Waals surface area contributed by atoms with Crippen LogP contribution in [-0.4, -0.2) is 56.4 Å². The van der Waals surface area contributed by atoms with Gasteiger partial charge in [0.15, 0.2) is 0 Å². The molecule has 1 amide bonds. The van der Waals surface area contributed by atoms with Gasteiger partial charge in [-0.1, -0.05) is 152 Å². The SMILES string of the molecule is CCCCC/C=C\C/C=C\CCCCCCCCC(CCCCCCCC/C=C\C/C=C\CCCCC)COC(=O)N1CC(NC)CC1C(=O)OC. The average molecular weight is 727 g/mol. The van der Waals surface area contributed by atoms with E-state index in [0.29, 0.717) is 25.5 Å². The van der Waals surface area contributed by atoms with Crippen LogP contribution in [0.25, 0.3) is 0 Å². The smallest absolute Gasteiger partial charge is 0.410 e. The van der Waals surface area contributed by atoms with Crippen LogP contribution in [0.2, 0.25) is 0 Å². The molecule has 1 N–H and O–H groups in total. The maximum absolute atomic E-state index is 13.1. The van der Waals surface area contributed by atoms with E-state index in [2.05, 4.69) is 67.8 Å². The van der Waals surface area contributed by atoms with Gasteiger partial charge in [-0.05, 0) is 96.4 Å². The van der Waals surface area contributed by atoms with E-state index < -0.39 is 6.04 Å². The zero-order valence-electron chi connectivity index (χ0n) is 34.4. The van der Waals surface area contributed by atoms with Crippen LogP contribution in [0.3, 0.4) is 0 Å². The molecule has 1 saturated heterocycles. The van der Waals surface area contributed by atoms with Crippen LogP contribution in [0.5, 0.6) is 0 Å². The molecule has 52 heavy (non-hydrogen) atoms. The van der Waals surface area contributed by atoms with Gasteiger partial charge in [0.25, 0.3) is 0 Å². The molecule has 0 spiro atoms. The summed E-state index contributed by atoms with van der Waals surface area (Å²) in [5.74, 6) is 0.00817. The largest absolute Gasteiger partial charge is 0.467 e. The van der Waals surface area contributed by atoms with Crippen LogP contribution in [0.1, 0.15) is 187 Å². The van der Waals surface area contributed by atoms with Gasteiger partial charge in [-0.3, -0.25) is 4.90 Å². The number of amides is 1. The van der Waals surface area contributed by atoms with E-state index in [4.69, 9.17) is 9.47 Å². The topological polar surface area (TPSA) is 67.9 Å². The molecular weight excluding hydrogens is 645 g/mol. The summed E-state index contributed by atoms with van der Waals surface area (Å²) in [6, 6.07) is -0.502. The van der Waals surface area contributed by atoms with Gasteiger partial charge in [0, 0.05) is 12.6 Å². The first-order valence-electron chi connectivity index (χ1n) is 21.9. The summed E-state index contributed by atoms with van der Waals surface area (Å²) in [5.41, 5.74) is 0. The highest BCUT2D eigenvalue weighted by Crippen LogP contribution is 2.23. The minimum atomic E-state index is -0.575. The number of rotatable bonds is 34. The molecule has 0 aromatic carbocycles. The van der Waals surface area contributed by atoms with Crippen molar-refractivity contribution in [2.24, 2.45) is 5.92 Å². The van der Waals surface area contributed by atoms with E-state index in [1.54, 1.807) is 4.90 Å². The standard InChI is InChI=1S/C46H82N2O4/c1-5-7-9-11-13-15-17-19-21-23-25-27-29-31-33-35-37-42(41-52-46(50)48-40-43(47-3)39-44(48)45(49)51-4)38-36-34-32-30-28-26-24-22-20-18-16-14-12-10-8-6-2/h13-16,19-22,42-44,47H,5-12,17-18,23-41H2,1-4H3/b15-13-,16-14-,21-19-,22-20-. The molecule has 1 rings (SSSR count). The molecule has 0 aromatic heterocycles. The Kier molecular flexibility index (Phi) is 32.7. The van der Waals surface area contributed by atoms with Crippen LogP contribution >= 0.6 is 0 Å². The zero-order chi connectivity index (χ0) is 37.7. The number of unbranched alkanes of at least 4 members (excludes halogenated alkanes) is 18. The second-order valence-electron chi connectivity index (χ2n) is 15.1. The van der Waals surface area contributed by atoms with Crippen LogP contribution in [-0.2, 0) is 14.3 Å². The second kappa shape index (κ2) is 35.7. The maximum atomic E-state index is 13.1. The van der Waals surface area contributed by atoms with Gasteiger partial charge in [0.05, 0.1) is 13.7 Å².